The number of halogens is 1. The van der Waals surface area contributed by atoms with E-state index >= 15 is 0 Å². The fraction of sp³-hybridized carbons (Fsp3) is 0.357. The van der Waals surface area contributed by atoms with Gasteiger partial charge in [0.25, 0.3) is 16.6 Å². The average molecular weight is 714 g/mol. The minimum atomic E-state index is -3.03. The number of carbonyl (C=O) groups is 1. The molecule has 0 radical (unpaired) electrons. The molecule has 0 fully saturated rings. The number of hydrogen-bond donors (Lipinski definition) is 0. The number of hydrogen-bond acceptors (Lipinski definition) is 4. The molecule has 0 heterocycles. The molecule has 0 amide bonds. The lowest BCUT2D eigenvalue weighted by atomic mass is 10.1. The van der Waals surface area contributed by atoms with E-state index in [1.165, 1.54) is 10.4 Å². The lowest BCUT2D eigenvalue weighted by Gasteiger charge is -2.47. The van der Waals surface area contributed by atoms with Gasteiger partial charge in [-0.1, -0.05) is 175 Å². The molecule has 0 aliphatic carbocycles. The predicted molar refractivity (Wildman–Crippen MR) is 211 cm³/mol. The summed E-state index contributed by atoms with van der Waals surface area (Å²) < 4.78 is 20.8. The van der Waals surface area contributed by atoms with Crippen molar-refractivity contribution in [1.82, 2.24) is 0 Å². The number of alkyl halides is 1. The zero-order chi connectivity index (χ0) is 35.5. The second-order valence-corrected chi connectivity index (χ2v) is 23.4. The van der Waals surface area contributed by atoms with E-state index in [9.17, 15) is 4.79 Å². The minimum absolute atomic E-state index is 0.105. The smallest absolute Gasteiger partial charge is 0.308 e. The van der Waals surface area contributed by atoms with Crippen LogP contribution in [0.25, 0.3) is 0 Å². The van der Waals surface area contributed by atoms with Crippen LogP contribution < -0.4 is 20.7 Å². The van der Waals surface area contributed by atoms with Crippen LogP contribution in [0.1, 0.15) is 61.3 Å². The molecule has 7 heteroatoms. The Labute approximate surface area is 301 Å². The van der Waals surface area contributed by atoms with Crippen LogP contribution in [-0.2, 0) is 18.4 Å². The van der Waals surface area contributed by atoms with E-state index in [1.807, 2.05) is 37.3 Å². The first-order valence-corrected chi connectivity index (χ1v) is 21.7. The maximum absolute atomic E-state index is 13.4. The van der Waals surface area contributed by atoms with Crippen LogP contribution in [-0.4, -0.2) is 47.3 Å². The number of ether oxygens (including phenoxy) is 1. The van der Waals surface area contributed by atoms with Gasteiger partial charge in [-0.2, -0.15) is 0 Å². The van der Waals surface area contributed by atoms with Gasteiger partial charge in [-0.25, -0.2) is 0 Å². The lowest BCUT2D eigenvalue weighted by molar-refractivity contribution is -0.145. The van der Waals surface area contributed by atoms with Gasteiger partial charge in [-0.15, -0.1) is 11.6 Å². The molecule has 2 unspecified atom stereocenters. The van der Waals surface area contributed by atoms with E-state index in [1.54, 1.807) is 0 Å². The van der Waals surface area contributed by atoms with E-state index in [4.69, 9.17) is 25.2 Å². The van der Waals surface area contributed by atoms with Crippen molar-refractivity contribution in [3.63, 3.8) is 0 Å². The summed E-state index contributed by atoms with van der Waals surface area (Å²) >= 11 is 6.30. The number of allylic oxidation sites excluding steroid dienone is 1. The van der Waals surface area contributed by atoms with E-state index in [0.717, 1.165) is 10.4 Å². The molecule has 0 aliphatic heterocycles. The normalized spacial score (nSPS) is 14.0. The Morgan fingerprint density at radius 1 is 0.653 bits per heavy atom. The molecule has 0 bridgehead atoms. The van der Waals surface area contributed by atoms with Crippen LogP contribution >= 0.6 is 11.6 Å². The van der Waals surface area contributed by atoms with Crippen molar-refractivity contribution < 1.29 is 18.4 Å². The van der Waals surface area contributed by atoms with Crippen molar-refractivity contribution in [2.45, 2.75) is 83.6 Å². The Kier molecular flexibility index (Phi) is 13.4. The fourth-order valence-corrected chi connectivity index (χ4v) is 16.5. The summed E-state index contributed by atoms with van der Waals surface area (Å²) in [6.07, 6.45) is 3.67. The SMILES string of the molecule is CCOC(=O)CC(CC(/C=C/CCl)O[Si](c1ccccc1)(c1ccccc1)C(C)(C)C)O[Si](c1ccccc1)(c1ccccc1)C(C)(C)C. The van der Waals surface area contributed by atoms with Crippen LogP contribution in [0.15, 0.2) is 133 Å². The van der Waals surface area contributed by atoms with Crippen molar-refractivity contribution in [2.24, 2.45) is 0 Å². The predicted octanol–water partition coefficient (Wildman–Crippen LogP) is 8.02. The monoisotopic (exact) mass is 712 g/mol. The van der Waals surface area contributed by atoms with Crippen molar-refractivity contribution in [3.8, 4) is 0 Å². The number of benzene rings is 4. The van der Waals surface area contributed by atoms with Gasteiger partial charge in [0.15, 0.2) is 0 Å². The van der Waals surface area contributed by atoms with Gasteiger partial charge in [0.2, 0.25) is 0 Å². The van der Waals surface area contributed by atoms with Gasteiger partial charge in [0.05, 0.1) is 25.2 Å². The molecule has 0 N–H and O–H groups in total. The average Bonchev–Trinajstić information content (AvgIpc) is 3.08. The maximum atomic E-state index is 13.4. The van der Waals surface area contributed by atoms with Crippen molar-refractivity contribution in [3.05, 3.63) is 133 Å². The first kappa shape index (κ1) is 38.5. The van der Waals surface area contributed by atoms with E-state index in [-0.39, 0.29) is 22.5 Å². The summed E-state index contributed by atoms with van der Waals surface area (Å²) in [6.45, 7) is 15.7. The molecule has 2 atom stereocenters. The summed E-state index contributed by atoms with van der Waals surface area (Å²) in [7, 11) is -5.99. The van der Waals surface area contributed by atoms with Gasteiger partial charge < -0.3 is 13.6 Å². The van der Waals surface area contributed by atoms with Crippen LogP contribution in [0.5, 0.6) is 0 Å². The number of esters is 1. The largest absolute Gasteiger partial charge is 0.466 e. The molecule has 0 saturated carbocycles. The standard InChI is InChI=1S/C42H53ClO4Si2/c1-8-45-40(44)33-35(47-49(42(5,6)7,38-27-17-11-18-28-38)39-29-19-12-20-30-39)32-34(22-21-31-43)46-48(41(2,3)4,36-23-13-9-14-24-36)37-25-15-10-16-26-37/h9-30,34-35H,8,31-33H2,1-7H3/b22-21+. The summed E-state index contributed by atoms with van der Waals surface area (Å²) in [5.74, 6) is 0.0644. The first-order valence-electron chi connectivity index (χ1n) is 17.3. The second-order valence-electron chi connectivity index (χ2n) is 14.5. The zero-order valence-corrected chi connectivity index (χ0v) is 33.0. The first-order chi connectivity index (χ1) is 23.4. The van der Waals surface area contributed by atoms with Gasteiger partial charge in [-0.05, 0) is 37.7 Å². The number of carbonyl (C=O) groups excluding carboxylic acids is 1. The molecule has 0 aliphatic rings. The van der Waals surface area contributed by atoms with Crippen molar-refractivity contribution in [2.75, 3.05) is 12.5 Å². The molecular weight excluding hydrogens is 660 g/mol. The molecule has 49 heavy (non-hydrogen) atoms. The Hall–Kier alpha value is -3.27. The third-order valence-corrected chi connectivity index (χ3v) is 19.5. The third-order valence-electron chi connectivity index (χ3n) is 9.14. The van der Waals surface area contributed by atoms with Gasteiger partial charge in [0, 0.05) is 12.3 Å². The van der Waals surface area contributed by atoms with E-state index in [0.29, 0.717) is 18.9 Å². The van der Waals surface area contributed by atoms with Gasteiger partial charge in [-0.3, -0.25) is 4.79 Å². The topological polar surface area (TPSA) is 44.8 Å². The maximum Gasteiger partial charge on any atom is 0.308 e. The second kappa shape index (κ2) is 17.1. The van der Waals surface area contributed by atoms with Crippen LogP contribution in [0.4, 0.5) is 0 Å². The summed E-state index contributed by atoms with van der Waals surface area (Å²) in [6, 6.07) is 42.3. The van der Waals surface area contributed by atoms with Gasteiger partial charge >= 0.3 is 5.97 Å². The summed E-state index contributed by atoms with van der Waals surface area (Å²) in [5, 5.41) is 4.17. The molecule has 260 valence electrons. The van der Waals surface area contributed by atoms with Crippen LogP contribution in [0, 0.1) is 0 Å². The molecule has 0 spiro atoms. The summed E-state index contributed by atoms with van der Waals surface area (Å²) in [5.41, 5.74) is 0. The Morgan fingerprint density at radius 3 is 1.35 bits per heavy atom. The zero-order valence-electron chi connectivity index (χ0n) is 30.2. The third kappa shape index (κ3) is 8.91. The molecular formula is C42H53ClO4Si2. The van der Waals surface area contributed by atoms with Crippen LogP contribution in [0.2, 0.25) is 10.1 Å². The highest BCUT2D eigenvalue weighted by molar-refractivity contribution is 7.00. The van der Waals surface area contributed by atoms with Crippen molar-refractivity contribution >= 4 is 55.0 Å². The fourth-order valence-electron chi connectivity index (χ4n) is 7.07. The van der Waals surface area contributed by atoms with E-state index < -0.39 is 28.8 Å². The molecule has 4 nitrogen and oxygen atoms in total. The summed E-state index contributed by atoms with van der Waals surface area (Å²) in [4.78, 5) is 13.4. The number of rotatable bonds is 15. The Bertz CT molecular complexity index is 1520. The van der Waals surface area contributed by atoms with Gasteiger partial charge in [0.1, 0.15) is 0 Å². The van der Waals surface area contributed by atoms with Crippen molar-refractivity contribution in [1.29, 1.82) is 0 Å². The highest BCUT2D eigenvalue weighted by Crippen LogP contribution is 2.41. The lowest BCUT2D eigenvalue weighted by Crippen LogP contribution is -2.69. The molecule has 0 aromatic heterocycles. The highest BCUT2D eigenvalue weighted by Gasteiger charge is 2.54. The quantitative estimate of drug-likeness (QED) is 0.0542. The molecule has 4 aromatic rings. The Morgan fingerprint density at radius 2 is 1.02 bits per heavy atom. The minimum Gasteiger partial charge on any atom is -0.466 e. The Balaban J connectivity index is 1.91. The van der Waals surface area contributed by atoms with Crippen LogP contribution in [0.3, 0.4) is 0 Å². The molecule has 4 aromatic carbocycles. The highest BCUT2D eigenvalue weighted by atomic mass is 35.5. The molecule has 4 rings (SSSR count). The molecule has 0 saturated heterocycles. The van der Waals surface area contributed by atoms with E-state index in [2.05, 4.69) is 145 Å².